The monoisotopic (exact) mass is 354 g/mol. The summed E-state index contributed by atoms with van der Waals surface area (Å²) in [6.45, 7) is 2.27. The number of para-hydroxylation sites is 1. The number of nitrogens with zero attached hydrogens (tertiary/aromatic N) is 2. The lowest BCUT2D eigenvalue weighted by atomic mass is 9.96. The molecule has 2 N–H and O–H groups in total. The Bertz CT molecular complexity index is 757. The van der Waals surface area contributed by atoms with Gasteiger partial charge in [0, 0.05) is 23.8 Å². The van der Waals surface area contributed by atoms with Crippen molar-refractivity contribution in [3.05, 3.63) is 47.3 Å². The van der Waals surface area contributed by atoms with Crippen LogP contribution in [-0.4, -0.2) is 29.0 Å². The van der Waals surface area contributed by atoms with E-state index in [4.69, 9.17) is 4.74 Å². The molecule has 1 amide bonds. The Morgan fingerprint density at radius 3 is 2.73 bits per heavy atom. The molecule has 6 heteroatoms. The molecule has 0 saturated heterocycles. The van der Waals surface area contributed by atoms with Gasteiger partial charge in [-0.2, -0.15) is 0 Å². The Labute approximate surface area is 154 Å². The van der Waals surface area contributed by atoms with Crippen LogP contribution in [0, 0.1) is 6.92 Å². The Morgan fingerprint density at radius 2 is 1.96 bits per heavy atom. The first kappa shape index (κ1) is 18.2. The van der Waals surface area contributed by atoms with Gasteiger partial charge < -0.3 is 15.4 Å². The number of methoxy groups -OCH3 is 1. The van der Waals surface area contributed by atoms with Gasteiger partial charge in [0.25, 0.3) is 5.91 Å². The van der Waals surface area contributed by atoms with Crippen molar-refractivity contribution in [3.8, 4) is 5.75 Å². The zero-order valence-electron chi connectivity index (χ0n) is 15.4. The van der Waals surface area contributed by atoms with Gasteiger partial charge in [-0.15, -0.1) is 0 Å². The molecule has 6 nitrogen and oxygen atoms in total. The first-order valence-electron chi connectivity index (χ1n) is 9.18. The SMILES string of the molecule is COc1ccccc1CNC(=O)c1cc(C)nc(NC2CCCCC2)n1. The van der Waals surface area contributed by atoms with E-state index in [1.165, 1.54) is 19.3 Å². The fourth-order valence-corrected chi connectivity index (χ4v) is 3.29. The summed E-state index contributed by atoms with van der Waals surface area (Å²) >= 11 is 0. The molecule has 0 spiro atoms. The van der Waals surface area contributed by atoms with Gasteiger partial charge in [-0.1, -0.05) is 37.5 Å². The average Bonchev–Trinajstić information content (AvgIpc) is 2.66. The minimum Gasteiger partial charge on any atom is -0.496 e. The molecule has 138 valence electrons. The van der Waals surface area contributed by atoms with Crippen LogP contribution < -0.4 is 15.4 Å². The first-order chi connectivity index (χ1) is 12.7. The molecule has 1 fully saturated rings. The van der Waals surface area contributed by atoms with Gasteiger partial charge in [-0.25, -0.2) is 9.97 Å². The third-order valence-corrected chi connectivity index (χ3v) is 4.66. The predicted octanol–water partition coefficient (Wildman–Crippen LogP) is 3.47. The fourth-order valence-electron chi connectivity index (χ4n) is 3.29. The minimum atomic E-state index is -0.215. The van der Waals surface area contributed by atoms with E-state index in [0.717, 1.165) is 29.8 Å². The molecule has 1 heterocycles. The summed E-state index contributed by atoms with van der Waals surface area (Å²) in [5, 5.41) is 6.30. The minimum absolute atomic E-state index is 0.215. The molecule has 1 aliphatic carbocycles. The molecular formula is C20H26N4O2. The molecule has 1 saturated carbocycles. The van der Waals surface area contributed by atoms with Gasteiger partial charge in [0.1, 0.15) is 11.4 Å². The van der Waals surface area contributed by atoms with Crippen LogP contribution >= 0.6 is 0 Å². The molecule has 0 radical (unpaired) electrons. The van der Waals surface area contributed by atoms with Crippen LogP contribution in [0.2, 0.25) is 0 Å². The summed E-state index contributed by atoms with van der Waals surface area (Å²) in [6.07, 6.45) is 6.02. The molecule has 3 rings (SSSR count). The number of nitrogens with one attached hydrogen (secondary N) is 2. The number of carbonyl (C=O) groups excluding carboxylic acids is 1. The highest BCUT2D eigenvalue weighted by Crippen LogP contribution is 2.20. The van der Waals surface area contributed by atoms with E-state index in [1.807, 2.05) is 31.2 Å². The topological polar surface area (TPSA) is 76.1 Å². The second-order valence-electron chi connectivity index (χ2n) is 6.69. The standard InChI is InChI=1S/C20H26N4O2/c1-14-12-17(24-20(22-14)23-16-9-4-3-5-10-16)19(25)21-13-15-8-6-7-11-18(15)26-2/h6-8,11-12,16H,3-5,9-10,13H2,1-2H3,(H,21,25)(H,22,23,24). The number of amides is 1. The van der Waals surface area contributed by atoms with E-state index in [9.17, 15) is 4.79 Å². The molecule has 0 bridgehead atoms. The number of anilines is 1. The van der Waals surface area contributed by atoms with Gasteiger partial charge in [0.15, 0.2) is 0 Å². The Balaban J connectivity index is 1.66. The van der Waals surface area contributed by atoms with Crippen molar-refractivity contribution in [3.63, 3.8) is 0 Å². The quantitative estimate of drug-likeness (QED) is 0.831. The third-order valence-electron chi connectivity index (χ3n) is 4.66. The summed E-state index contributed by atoms with van der Waals surface area (Å²) in [5.74, 6) is 1.08. The Kier molecular flexibility index (Phi) is 6.04. The highest BCUT2D eigenvalue weighted by atomic mass is 16.5. The van der Waals surface area contributed by atoms with Crippen LogP contribution in [0.25, 0.3) is 0 Å². The summed E-state index contributed by atoms with van der Waals surface area (Å²) in [7, 11) is 1.62. The molecule has 1 aromatic heterocycles. The number of hydrogen-bond donors (Lipinski definition) is 2. The van der Waals surface area contributed by atoms with E-state index in [1.54, 1.807) is 13.2 Å². The highest BCUT2D eigenvalue weighted by molar-refractivity contribution is 5.92. The van der Waals surface area contributed by atoms with E-state index in [-0.39, 0.29) is 5.91 Å². The maximum atomic E-state index is 12.5. The van der Waals surface area contributed by atoms with Crippen molar-refractivity contribution < 1.29 is 9.53 Å². The molecule has 0 unspecified atom stereocenters. The number of hydrogen-bond acceptors (Lipinski definition) is 5. The van der Waals surface area contributed by atoms with Crippen molar-refractivity contribution in [2.24, 2.45) is 0 Å². The van der Waals surface area contributed by atoms with Gasteiger partial charge in [-0.3, -0.25) is 4.79 Å². The van der Waals surface area contributed by atoms with E-state index in [0.29, 0.717) is 24.2 Å². The fraction of sp³-hybridized carbons (Fsp3) is 0.450. The van der Waals surface area contributed by atoms with Gasteiger partial charge >= 0.3 is 0 Å². The summed E-state index contributed by atoms with van der Waals surface area (Å²) < 4.78 is 5.32. The smallest absolute Gasteiger partial charge is 0.270 e. The van der Waals surface area contributed by atoms with Gasteiger partial charge in [0.2, 0.25) is 5.95 Å². The van der Waals surface area contributed by atoms with Crippen LogP contribution in [-0.2, 0) is 6.54 Å². The largest absolute Gasteiger partial charge is 0.496 e. The van der Waals surface area contributed by atoms with Crippen LogP contribution in [0.15, 0.2) is 30.3 Å². The number of rotatable bonds is 6. The third kappa shape index (κ3) is 4.71. The molecule has 1 aromatic carbocycles. The molecular weight excluding hydrogens is 328 g/mol. The normalized spacial score (nSPS) is 14.7. The van der Waals surface area contributed by atoms with Crippen LogP contribution in [0.1, 0.15) is 53.8 Å². The maximum Gasteiger partial charge on any atom is 0.270 e. The highest BCUT2D eigenvalue weighted by Gasteiger charge is 2.16. The van der Waals surface area contributed by atoms with Crippen LogP contribution in [0.4, 0.5) is 5.95 Å². The lowest BCUT2D eigenvalue weighted by molar-refractivity contribution is 0.0945. The lowest BCUT2D eigenvalue weighted by Gasteiger charge is -2.23. The first-order valence-corrected chi connectivity index (χ1v) is 9.18. The van der Waals surface area contributed by atoms with Crippen LogP contribution in [0.3, 0.4) is 0 Å². The zero-order chi connectivity index (χ0) is 18.4. The van der Waals surface area contributed by atoms with E-state index in [2.05, 4.69) is 20.6 Å². The Morgan fingerprint density at radius 1 is 1.19 bits per heavy atom. The molecule has 2 aromatic rings. The van der Waals surface area contributed by atoms with Gasteiger partial charge in [0.05, 0.1) is 7.11 Å². The van der Waals surface area contributed by atoms with Gasteiger partial charge in [-0.05, 0) is 31.9 Å². The number of benzene rings is 1. The molecule has 1 aliphatic rings. The van der Waals surface area contributed by atoms with Crippen LogP contribution in [0.5, 0.6) is 5.75 Å². The molecule has 0 atom stereocenters. The summed E-state index contributed by atoms with van der Waals surface area (Å²) in [6, 6.07) is 9.74. The molecule has 26 heavy (non-hydrogen) atoms. The maximum absolute atomic E-state index is 12.5. The second-order valence-corrected chi connectivity index (χ2v) is 6.69. The molecule has 0 aliphatic heterocycles. The number of aromatic nitrogens is 2. The Hall–Kier alpha value is -2.63. The predicted molar refractivity (Wildman–Crippen MR) is 101 cm³/mol. The van der Waals surface area contributed by atoms with Crippen molar-refractivity contribution >= 4 is 11.9 Å². The number of aryl methyl sites for hydroxylation is 1. The lowest BCUT2D eigenvalue weighted by Crippen LogP contribution is -2.27. The van der Waals surface area contributed by atoms with Crippen molar-refractivity contribution in [2.75, 3.05) is 12.4 Å². The summed E-state index contributed by atoms with van der Waals surface area (Å²) in [5.41, 5.74) is 2.08. The van der Waals surface area contributed by atoms with Crippen molar-refractivity contribution in [1.82, 2.24) is 15.3 Å². The average molecular weight is 354 g/mol. The number of ether oxygens (including phenoxy) is 1. The van der Waals surface area contributed by atoms with E-state index >= 15 is 0 Å². The zero-order valence-corrected chi connectivity index (χ0v) is 15.4. The van der Waals surface area contributed by atoms with Crippen molar-refractivity contribution in [1.29, 1.82) is 0 Å². The second kappa shape index (κ2) is 8.65. The summed E-state index contributed by atoms with van der Waals surface area (Å²) in [4.78, 5) is 21.4. The number of carbonyl (C=O) groups is 1. The van der Waals surface area contributed by atoms with Crippen molar-refractivity contribution in [2.45, 2.75) is 51.6 Å². The van der Waals surface area contributed by atoms with E-state index < -0.39 is 0 Å².